The van der Waals surface area contributed by atoms with Gasteiger partial charge < -0.3 is 4.90 Å². The van der Waals surface area contributed by atoms with E-state index in [9.17, 15) is 19.6 Å². The summed E-state index contributed by atoms with van der Waals surface area (Å²) in [5.74, 6) is -0.332. The number of hydrogen-bond acceptors (Lipinski definition) is 4. The molecule has 2 aromatic carbocycles. The number of carbonyl (C=O) groups excluding carboxylic acids is 1. The standard InChI is InChI=1S/C25H24N4O3/c26-15-21-17-28(22-11-12-22)25(32)29(24(21)31)18-23(30)27(16-20-9-5-2-6-10-20)14-13-19-7-3-1-4-8-19/h1-10,17,22H,11-14,16,18H2. The van der Waals surface area contributed by atoms with Gasteiger partial charge in [0.1, 0.15) is 18.2 Å². The first-order valence-corrected chi connectivity index (χ1v) is 10.7. The van der Waals surface area contributed by atoms with Gasteiger partial charge in [-0.25, -0.2) is 9.36 Å². The second-order valence-electron chi connectivity index (χ2n) is 8.00. The van der Waals surface area contributed by atoms with E-state index in [1.165, 1.54) is 10.8 Å². The van der Waals surface area contributed by atoms with Gasteiger partial charge in [0.25, 0.3) is 5.56 Å². The lowest BCUT2D eigenvalue weighted by Crippen LogP contribution is -2.45. The van der Waals surface area contributed by atoms with Crippen LogP contribution in [0.4, 0.5) is 0 Å². The van der Waals surface area contributed by atoms with Gasteiger partial charge in [-0.2, -0.15) is 5.26 Å². The van der Waals surface area contributed by atoms with Crippen molar-refractivity contribution in [1.82, 2.24) is 14.0 Å². The van der Waals surface area contributed by atoms with Crippen LogP contribution in [0.5, 0.6) is 0 Å². The van der Waals surface area contributed by atoms with Crippen molar-refractivity contribution in [2.24, 2.45) is 0 Å². The molecular formula is C25H24N4O3. The van der Waals surface area contributed by atoms with Gasteiger partial charge in [0, 0.05) is 25.3 Å². The molecule has 7 nitrogen and oxygen atoms in total. The summed E-state index contributed by atoms with van der Waals surface area (Å²) in [7, 11) is 0. The lowest BCUT2D eigenvalue weighted by molar-refractivity contribution is -0.132. The Morgan fingerprint density at radius 1 is 1.00 bits per heavy atom. The highest BCUT2D eigenvalue weighted by Gasteiger charge is 2.28. The molecule has 1 aromatic heterocycles. The molecule has 0 aliphatic heterocycles. The molecule has 162 valence electrons. The Hall–Kier alpha value is -3.92. The predicted octanol–water partition coefficient (Wildman–Crippen LogP) is 2.49. The lowest BCUT2D eigenvalue weighted by atomic mass is 10.1. The fraction of sp³-hybridized carbons (Fsp3) is 0.280. The van der Waals surface area contributed by atoms with Gasteiger partial charge in [-0.15, -0.1) is 0 Å². The molecule has 1 amide bonds. The van der Waals surface area contributed by atoms with Crippen molar-refractivity contribution >= 4 is 5.91 Å². The van der Waals surface area contributed by atoms with E-state index in [2.05, 4.69) is 0 Å². The molecule has 0 saturated heterocycles. The summed E-state index contributed by atoms with van der Waals surface area (Å²) in [5, 5.41) is 9.33. The number of benzene rings is 2. The first kappa shape index (κ1) is 21.3. The lowest BCUT2D eigenvalue weighted by Gasteiger charge is -2.23. The number of nitriles is 1. The van der Waals surface area contributed by atoms with Gasteiger partial charge in [-0.3, -0.25) is 14.2 Å². The topological polar surface area (TPSA) is 88.1 Å². The average Bonchev–Trinajstić information content (AvgIpc) is 3.66. The summed E-state index contributed by atoms with van der Waals surface area (Å²) in [6.45, 7) is 0.429. The van der Waals surface area contributed by atoms with Crippen molar-refractivity contribution in [3.63, 3.8) is 0 Å². The molecule has 3 aromatic rings. The monoisotopic (exact) mass is 428 g/mol. The summed E-state index contributed by atoms with van der Waals surface area (Å²) in [6, 6.07) is 21.3. The van der Waals surface area contributed by atoms with E-state index in [1.54, 1.807) is 4.90 Å². The molecule has 4 rings (SSSR count). The van der Waals surface area contributed by atoms with Gasteiger partial charge in [-0.05, 0) is 30.4 Å². The molecular weight excluding hydrogens is 404 g/mol. The minimum atomic E-state index is -0.717. The highest BCUT2D eigenvalue weighted by atomic mass is 16.2. The zero-order chi connectivity index (χ0) is 22.5. The Balaban J connectivity index is 1.61. The minimum absolute atomic E-state index is 0.00458. The summed E-state index contributed by atoms with van der Waals surface area (Å²) < 4.78 is 2.32. The molecule has 0 bridgehead atoms. The maximum atomic E-state index is 13.3. The molecule has 1 fully saturated rings. The van der Waals surface area contributed by atoms with Crippen LogP contribution in [-0.4, -0.2) is 26.5 Å². The Morgan fingerprint density at radius 3 is 2.22 bits per heavy atom. The Labute approximate surface area is 185 Å². The Kier molecular flexibility index (Phi) is 6.31. The van der Waals surface area contributed by atoms with Crippen LogP contribution >= 0.6 is 0 Å². The average molecular weight is 428 g/mol. The number of nitrogens with zero attached hydrogens (tertiary/aromatic N) is 4. The molecule has 0 N–H and O–H groups in total. The maximum absolute atomic E-state index is 13.3. The van der Waals surface area contributed by atoms with E-state index in [0.717, 1.165) is 28.5 Å². The molecule has 0 atom stereocenters. The van der Waals surface area contributed by atoms with E-state index in [-0.39, 0.29) is 24.1 Å². The molecule has 32 heavy (non-hydrogen) atoms. The van der Waals surface area contributed by atoms with Gasteiger partial charge >= 0.3 is 5.69 Å². The highest BCUT2D eigenvalue weighted by molar-refractivity contribution is 5.76. The summed E-state index contributed by atoms with van der Waals surface area (Å²) in [5.41, 5.74) is 0.682. The molecule has 1 aliphatic carbocycles. The van der Waals surface area contributed by atoms with Crippen molar-refractivity contribution in [1.29, 1.82) is 5.26 Å². The summed E-state index contributed by atoms with van der Waals surface area (Å²) in [6.07, 6.45) is 3.63. The fourth-order valence-electron chi connectivity index (χ4n) is 3.69. The number of amides is 1. The van der Waals surface area contributed by atoms with Crippen molar-refractivity contribution < 1.29 is 4.79 Å². The third-order valence-corrected chi connectivity index (χ3v) is 5.63. The molecule has 0 spiro atoms. The number of rotatable bonds is 8. The molecule has 0 radical (unpaired) electrons. The third kappa shape index (κ3) is 4.86. The maximum Gasteiger partial charge on any atom is 0.331 e. The predicted molar refractivity (Wildman–Crippen MR) is 120 cm³/mol. The SMILES string of the molecule is N#Cc1cn(C2CC2)c(=O)n(CC(=O)N(CCc2ccccc2)Cc2ccccc2)c1=O. The first-order chi connectivity index (χ1) is 15.6. The Morgan fingerprint density at radius 2 is 1.62 bits per heavy atom. The van der Waals surface area contributed by atoms with Crippen molar-refractivity contribution in [3.05, 3.63) is 104 Å². The van der Waals surface area contributed by atoms with Crippen LogP contribution in [0.1, 0.15) is 35.6 Å². The highest BCUT2D eigenvalue weighted by Crippen LogP contribution is 2.33. The van der Waals surface area contributed by atoms with E-state index in [4.69, 9.17) is 0 Å². The van der Waals surface area contributed by atoms with Crippen molar-refractivity contribution in [3.8, 4) is 6.07 Å². The van der Waals surface area contributed by atoms with Crippen LogP contribution in [0.3, 0.4) is 0 Å². The third-order valence-electron chi connectivity index (χ3n) is 5.63. The van der Waals surface area contributed by atoms with Crippen molar-refractivity contribution in [2.75, 3.05) is 6.54 Å². The van der Waals surface area contributed by atoms with Gasteiger partial charge in [0.15, 0.2) is 0 Å². The molecule has 0 unspecified atom stereocenters. The molecule has 1 saturated carbocycles. The second-order valence-corrected chi connectivity index (χ2v) is 8.00. The smallest absolute Gasteiger partial charge is 0.331 e. The molecule has 1 aliphatic rings. The largest absolute Gasteiger partial charge is 0.336 e. The summed E-state index contributed by atoms with van der Waals surface area (Å²) >= 11 is 0. The quantitative estimate of drug-likeness (QED) is 0.551. The zero-order valence-electron chi connectivity index (χ0n) is 17.7. The molecule has 1 heterocycles. The van der Waals surface area contributed by atoms with Crippen LogP contribution in [-0.2, 0) is 24.3 Å². The zero-order valence-corrected chi connectivity index (χ0v) is 17.7. The van der Waals surface area contributed by atoms with E-state index >= 15 is 0 Å². The number of aromatic nitrogens is 2. The number of carbonyl (C=O) groups is 1. The van der Waals surface area contributed by atoms with Crippen LogP contribution in [0.25, 0.3) is 0 Å². The van der Waals surface area contributed by atoms with Crippen LogP contribution in [0.15, 0.2) is 76.4 Å². The first-order valence-electron chi connectivity index (χ1n) is 10.7. The van der Waals surface area contributed by atoms with Gasteiger partial charge in [0.05, 0.1) is 0 Å². The van der Waals surface area contributed by atoms with Gasteiger partial charge in [-0.1, -0.05) is 60.7 Å². The molecule has 7 heteroatoms. The fourth-order valence-corrected chi connectivity index (χ4v) is 3.69. The van der Waals surface area contributed by atoms with E-state index < -0.39 is 11.2 Å². The van der Waals surface area contributed by atoms with E-state index in [1.807, 2.05) is 66.7 Å². The second kappa shape index (κ2) is 9.48. The number of hydrogen-bond donors (Lipinski definition) is 0. The van der Waals surface area contributed by atoms with E-state index in [0.29, 0.717) is 19.5 Å². The van der Waals surface area contributed by atoms with Gasteiger partial charge in [0.2, 0.25) is 5.91 Å². The minimum Gasteiger partial charge on any atom is -0.336 e. The van der Waals surface area contributed by atoms with Crippen LogP contribution < -0.4 is 11.2 Å². The van der Waals surface area contributed by atoms with Crippen LogP contribution in [0, 0.1) is 11.3 Å². The Bertz CT molecular complexity index is 1250. The van der Waals surface area contributed by atoms with Crippen LogP contribution in [0.2, 0.25) is 0 Å². The summed E-state index contributed by atoms with van der Waals surface area (Å²) in [4.78, 5) is 40.5. The normalized spacial score (nSPS) is 12.8. The van der Waals surface area contributed by atoms with Crippen molar-refractivity contribution in [2.45, 2.75) is 38.4 Å².